The fraction of sp³-hybridized carbons (Fsp3) is 0.767. The fourth-order valence-corrected chi connectivity index (χ4v) is 6.97. The van der Waals surface area contributed by atoms with Crippen molar-refractivity contribution in [2.24, 2.45) is 0 Å². The van der Waals surface area contributed by atoms with Crippen molar-refractivity contribution in [3.8, 4) is 5.75 Å². The van der Waals surface area contributed by atoms with E-state index in [-0.39, 0.29) is 47.0 Å². The second-order valence-corrected chi connectivity index (χ2v) is 23.6. The van der Waals surface area contributed by atoms with Gasteiger partial charge in [-0.25, -0.2) is 0 Å². The number of carbonyl (C=O) groups is 1. The van der Waals surface area contributed by atoms with Crippen LogP contribution in [0.25, 0.3) is 0 Å². The Balaban J connectivity index is 1.80. The van der Waals surface area contributed by atoms with Crippen molar-refractivity contribution in [3.63, 3.8) is 0 Å². The number of fused-ring (bicyclic) bond motifs is 1. The van der Waals surface area contributed by atoms with Gasteiger partial charge in [0.05, 0.1) is 44.2 Å². The van der Waals surface area contributed by atoms with Gasteiger partial charge in [-0.15, -0.1) is 0 Å². The molecule has 39 heavy (non-hydrogen) atoms. The molecule has 0 N–H and O–H groups in total. The van der Waals surface area contributed by atoms with E-state index in [9.17, 15) is 4.79 Å². The fourth-order valence-electron chi connectivity index (χ4n) is 4.52. The molecule has 0 bridgehead atoms. The third kappa shape index (κ3) is 8.02. The van der Waals surface area contributed by atoms with Gasteiger partial charge in [-0.1, -0.05) is 53.7 Å². The highest BCUT2D eigenvalue weighted by atomic mass is 28.4. The minimum absolute atomic E-state index is 0.0386. The zero-order valence-corrected chi connectivity index (χ0v) is 28.0. The van der Waals surface area contributed by atoms with Crippen molar-refractivity contribution >= 4 is 22.9 Å². The van der Waals surface area contributed by atoms with E-state index < -0.39 is 22.9 Å². The molecule has 0 aromatic heterocycles. The number of methoxy groups -OCH3 is 1. The van der Waals surface area contributed by atoms with Crippen LogP contribution in [0.1, 0.15) is 66.4 Å². The Hall–Kier alpha value is -1.08. The smallest absolute Gasteiger partial charge is 0.195 e. The number of hydrogen-bond acceptors (Lipinski definition) is 7. The zero-order chi connectivity index (χ0) is 29.2. The van der Waals surface area contributed by atoms with Crippen molar-refractivity contribution in [1.82, 2.24) is 0 Å². The average Bonchev–Trinajstić information content (AvgIpc) is 2.82. The van der Waals surface area contributed by atoms with Crippen LogP contribution in [-0.4, -0.2) is 66.8 Å². The van der Waals surface area contributed by atoms with Gasteiger partial charge in [0, 0.05) is 19.3 Å². The largest absolute Gasteiger partial charge is 0.497 e. The molecule has 0 unspecified atom stereocenters. The van der Waals surface area contributed by atoms with Crippen molar-refractivity contribution in [1.29, 1.82) is 0 Å². The predicted octanol–water partition coefficient (Wildman–Crippen LogP) is 6.85. The number of aldehydes is 1. The first-order chi connectivity index (χ1) is 18.0. The SMILES string of the molecule is COc1ccc(CO[C@@H]2C[C@@H]3O[C@H](O[Si](C)(C)C(C)(C)C)[C@@H](O[Si](C)(C)C(C)(C)C)C[C@@H]3O[C@H]2CC=O)cc1. The topological polar surface area (TPSA) is 72.5 Å². The Bertz CT molecular complexity index is 936. The van der Waals surface area contributed by atoms with Gasteiger partial charge in [0.25, 0.3) is 0 Å². The van der Waals surface area contributed by atoms with Crippen LogP contribution in [0.5, 0.6) is 5.75 Å². The number of benzene rings is 1. The molecule has 6 atom stereocenters. The monoisotopic (exact) mass is 580 g/mol. The lowest BCUT2D eigenvalue weighted by molar-refractivity contribution is -0.284. The molecule has 0 spiro atoms. The molecule has 0 radical (unpaired) electrons. The highest BCUT2D eigenvalue weighted by Gasteiger charge is 2.52. The Labute approximate surface area is 238 Å². The molecule has 9 heteroatoms. The molecule has 0 saturated carbocycles. The van der Waals surface area contributed by atoms with E-state index in [0.717, 1.165) is 17.6 Å². The maximum absolute atomic E-state index is 11.6. The lowest BCUT2D eigenvalue weighted by Gasteiger charge is -2.51. The molecule has 2 aliphatic heterocycles. The van der Waals surface area contributed by atoms with Gasteiger partial charge >= 0.3 is 0 Å². The predicted molar refractivity (Wildman–Crippen MR) is 159 cm³/mol. The van der Waals surface area contributed by atoms with Gasteiger partial charge in [0.1, 0.15) is 12.0 Å². The van der Waals surface area contributed by atoms with Crippen molar-refractivity contribution in [2.45, 2.75) is 140 Å². The summed E-state index contributed by atoms with van der Waals surface area (Å²) in [6.07, 6.45) is 0.888. The third-order valence-corrected chi connectivity index (χ3v) is 18.1. The van der Waals surface area contributed by atoms with Crippen molar-refractivity contribution in [2.75, 3.05) is 7.11 Å². The molecule has 3 rings (SSSR count). The van der Waals surface area contributed by atoms with Crippen molar-refractivity contribution in [3.05, 3.63) is 29.8 Å². The van der Waals surface area contributed by atoms with Gasteiger partial charge in [-0.3, -0.25) is 0 Å². The summed E-state index contributed by atoms with van der Waals surface area (Å²) in [7, 11) is -2.59. The Kier molecular flexibility index (Phi) is 10.3. The summed E-state index contributed by atoms with van der Waals surface area (Å²) < 4.78 is 38.7. The normalized spacial score (nSPS) is 28.6. The lowest BCUT2D eigenvalue weighted by Crippen LogP contribution is -2.61. The second-order valence-electron chi connectivity index (χ2n) is 14.1. The summed E-state index contributed by atoms with van der Waals surface area (Å²) >= 11 is 0. The van der Waals surface area contributed by atoms with E-state index in [2.05, 4.69) is 67.7 Å². The van der Waals surface area contributed by atoms with Gasteiger partial charge in [0.2, 0.25) is 0 Å². The van der Waals surface area contributed by atoms with Crippen LogP contribution in [0.15, 0.2) is 24.3 Å². The molecule has 2 fully saturated rings. The highest BCUT2D eigenvalue weighted by Crippen LogP contribution is 2.44. The molecule has 2 saturated heterocycles. The molecular weight excluding hydrogens is 528 g/mol. The molecule has 2 aliphatic rings. The van der Waals surface area contributed by atoms with Crippen LogP contribution in [-0.2, 0) is 34.5 Å². The maximum atomic E-state index is 11.6. The summed E-state index contributed by atoms with van der Waals surface area (Å²) in [5, 5.41) is 0.0934. The average molecular weight is 581 g/mol. The Morgan fingerprint density at radius 2 is 1.38 bits per heavy atom. The first kappa shape index (κ1) is 32.4. The molecule has 222 valence electrons. The minimum atomic E-state index is -2.14. The van der Waals surface area contributed by atoms with Crippen molar-refractivity contribution < 1.29 is 32.6 Å². The number of ether oxygens (including phenoxy) is 4. The Morgan fingerprint density at radius 1 is 0.846 bits per heavy atom. The third-order valence-electron chi connectivity index (χ3n) is 9.14. The summed E-state index contributed by atoms with van der Waals surface area (Å²) in [6.45, 7) is 22.9. The van der Waals surface area contributed by atoms with E-state index >= 15 is 0 Å². The van der Waals surface area contributed by atoms with E-state index in [0.29, 0.717) is 19.4 Å². The first-order valence-electron chi connectivity index (χ1n) is 14.3. The van der Waals surface area contributed by atoms with E-state index in [4.69, 9.17) is 27.8 Å². The molecule has 1 aromatic rings. The maximum Gasteiger partial charge on any atom is 0.195 e. The molecule has 0 aliphatic carbocycles. The lowest BCUT2D eigenvalue weighted by atomic mass is 9.91. The minimum Gasteiger partial charge on any atom is -0.497 e. The van der Waals surface area contributed by atoms with Crippen LogP contribution in [0.3, 0.4) is 0 Å². The first-order valence-corrected chi connectivity index (χ1v) is 20.1. The van der Waals surface area contributed by atoms with E-state index in [1.54, 1.807) is 7.11 Å². The number of carbonyl (C=O) groups excluding carboxylic acids is 1. The van der Waals surface area contributed by atoms with Crippen LogP contribution in [0.4, 0.5) is 0 Å². The van der Waals surface area contributed by atoms with Crippen LogP contribution in [0.2, 0.25) is 36.3 Å². The molecular formula is C30H52O7Si2. The summed E-state index contributed by atoms with van der Waals surface area (Å²) in [5.74, 6) is 0.805. The van der Waals surface area contributed by atoms with Crippen LogP contribution < -0.4 is 4.74 Å². The van der Waals surface area contributed by atoms with Gasteiger partial charge in [0.15, 0.2) is 22.9 Å². The number of hydrogen-bond donors (Lipinski definition) is 0. The van der Waals surface area contributed by atoms with Crippen LogP contribution in [0, 0.1) is 0 Å². The second kappa shape index (κ2) is 12.4. The molecule has 2 heterocycles. The highest BCUT2D eigenvalue weighted by molar-refractivity contribution is 6.74. The standard InChI is InChI=1S/C30H52O7Si2/c1-29(2,3)38(8,9)36-27-19-25-26(35-28(27)37-39(10,11)30(4,5)6)18-24(23(34-25)16-17-31)33-20-21-12-14-22(32-7)15-13-21/h12-15,17,23-28H,16,18-20H2,1-11H3/t23-,24+,25-,26-,27-,28+/m0/s1. The van der Waals surface area contributed by atoms with Gasteiger partial charge in [-0.2, -0.15) is 0 Å². The van der Waals surface area contributed by atoms with Gasteiger partial charge < -0.3 is 32.6 Å². The Morgan fingerprint density at radius 3 is 1.92 bits per heavy atom. The molecule has 1 aromatic carbocycles. The molecule has 7 nitrogen and oxygen atoms in total. The molecule has 0 amide bonds. The zero-order valence-electron chi connectivity index (χ0n) is 26.0. The van der Waals surface area contributed by atoms with E-state index in [1.807, 2.05) is 24.3 Å². The summed E-state index contributed by atoms with van der Waals surface area (Å²) in [4.78, 5) is 11.6. The summed E-state index contributed by atoms with van der Waals surface area (Å²) in [6, 6.07) is 7.82. The quantitative estimate of drug-likeness (QED) is 0.221. The van der Waals surface area contributed by atoms with E-state index in [1.165, 1.54) is 0 Å². The number of rotatable bonds is 10. The van der Waals surface area contributed by atoms with Gasteiger partial charge in [-0.05, 0) is 54.0 Å². The van der Waals surface area contributed by atoms with Crippen LogP contribution >= 0.6 is 0 Å². The summed E-state index contributed by atoms with van der Waals surface area (Å²) in [5.41, 5.74) is 1.04.